The molecule has 65 heavy (non-hydrogen) atoms. The molecular formula is C59H90O6. The molecule has 0 N–H and O–H groups in total. The lowest BCUT2D eigenvalue weighted by molar-refractivity contribution is -0.167. The van der Waals surface area contributed by atoms with Gasteiger partial charge in [-0.15, -0.1) is 0 Å². The molecule has 0 aromatic rings. The first kappa shape index (κ1) is 60.3. The zero-order valence-electron chi connectivity index (χ0n) is 41.2. The summed E-state index contributed by atoms with van der Waals surface area (Å²) in [6, 6.07) is 0. The van der Waals surface area contributed by atoms with Gasteiger partial charge in [0.2, 0.25) is 0 Å². The highest BCUT2D eigenvalue weighted by atomic mass is 16.6. The summed E-state index contributed by atoms with van der Waals surface area (Å²) in [5.74, 6) is -0.996. The molecule has 0 amide bonds. The van der Waals surface area contributed by atoms with E-state index in [1.54, 1.807) is 0 Å². The Hall–Kier alpha value is -4.71. The fourth-order valence-electron chi connectivity index (χ4n) is 6.26. The van der Waals surface area contributed by atoms with Gasteiger partial charge in [0.05, 0.1) is 0 Å². The molecule has 0 fully saturated rings. The minimum atomic E-state index is -0.817. The second kappa shape index (κ2) is 51.9. The summed E-state index contributed by atoms with van der Waals surface area (Å²) in [6.45, 7) is 6.21. The molecule has 0 aromatic heterocycles. The molecule has 0 heterocycles. The molecule has 0 aliphatic heterocycles. The van der Waals surface area contributed by atoms with E-state index in [1.165, 1.54) is 6.42 Å². The van der Waals surface area contributed by atoms with Crippen molar-refractivity contribution in [3.63, 3.8) is 0 Å². The molecule has 0 aliphatic rings. The van der Waals surface area contributed by atoms with Gasteiger partial charge in [-0.1, -0.05) is 224 Å². The van der Waals surface area contributed by atoms with Gasteiger partial charge in [0.25, 0.3) is 0 Å². The van der Waals surface area contributed by atoms with Crippen molar-refractivity contribution in [1.29, 1.82) is 0 Å². The first-order valence-electron chi connectivity index (χ1n) is 25.5. The number of esters is 3. The van der Waals surface area contributed by atoms with Crippen LogP contribution >= 0.6 is 0 Å². The van der Waals surface area contributed by atoms with Crippen molar-refractivity contribution >= 4 is 17.9 Å². The molecule has 0 aromatic carbocycles. The third-order valence-corrected chi connectivity index (χ3v) is 10.0. The van der Waals surface area contributed by atoms with Gasteiger partial charge >= 0.3 is 17.9 Å². The van der Waals surface area contributed by atoms with Crippen molar-refractivity contribution in [2.45, 2.75) is 194 Å². The zero-order chi connectivity index (χ0) is 47.2. The van der Waals surface area contributed by atoms with Crippen LogP contribution in [0.5, 0.6) is 0 Å². The van der Waals surface area contributed by atoms with E-state index in [2.05, 4.69) is 106 Å². The van der Waals surface area contributed by atoms with E-state index in [9.17, 15) is 14.4 Å². The Balaban J connectivity index is 4.56. The summed E-state index contributed by atoms with van der Waals surface area (Å²) in [7, 11) is 0. The van der Waals surface area contributed by atoms with Crippen molar-refractivity contribution in [3.8, 4) is 0 Å². The number of hydrogen-bond donors (Lipinski definition) is 0. The van der Waals surface area contributed by atoms with Crippen molar-refractivity contribution in [3.05, 3.63) is 146 Å². The average molecular weight is 895 g/mol. The number of allylic oxidation sites excluding steroid dienone is 24. The molecule has 0 radical (unpaired) electrons. The van der Waals surface area contributed by atoms with E-state index < -0.39 is 6.10 Å². The van der Waals surface area contributed by atoms with Gasteiger partial charge < -0.3 is 14.2 Å². The quantitative estimate of drug-likeness (QED) is 0.0199. The lowest BCUT2D eigenvalue weighted by Gasteiger charge is -2.18. The Morgan fingerprint density at radius 2 is 0.677 bits per heavy atom. The molecule has 0 saturated heterocycles. The number of ether oxygens (including phenoxy) is 3. The lowest BCUT2D eigenvalue weighted by Crippen LogP contribution is -2.30. The number of carbonyl (C=O) groups excluding carboxylic acids is 3. The Morgan fingerprint density at radius 1 is 0.338 bits per heavy atom. The first-order chi connectivity index (χ1) is 32.0. The Bertz CT molecular complexity index is 1490. The number of unbranched alkanes of at least 4 members (excludes halogenated alkanes) is 15. The SMILES string of the molecule is CC\C=C/C=C\C=C/C=C\CCCCCCCC(=O)OC(COC(=O)CCCCCC/C=C\C/C=C\C/C=C\CC)COC(=O)CCCCCCC\C=C/C=C\C=C/C=C\C=C/CCC. The molecule has 0 bridgehead atoms. The highest BCUT2D eigenvalue weighted by molar-refractivity contribution is 5.71. The summed E-state index contributed by atoms with van der Waals surface area (Å²) in [5, 5.41) is 0. The topological polar surface area (TPSA) is 78.9 Å². The van der Waals surface area contributed by atoms with E-state index in [0.29, 0.717) is 12.8 Å². The fourth-order valence-corrected chi connectivity index (χ4v) is 6.26. The standard InChI is InChI=1S/C59H90O6/c1-4-7-10-13-16-19-22-25-28-29-30-32-34-37-40-43-46-49-52-58(61)64-55-56(54-63-57(60)51-48-45-42-39-36-33-27-24-21-18-15-12-9-6-3)65-59(62)53-50-47-44-41-38-35-31-26-23-20-17-14-11-8-5-2/h8-14,16-23,25-33,56H,4-7,15,24,34-55H2,1-3H3/b11-8-,12-9-,13-10-,17-14-,19-16-,21-18-,23-20-,25-22-,29-28-,31-26-,32-30-,33-27-. The third kappa shape index (κ3) is 50.2. The van der Waals surface area contributed by atoms with Crippen molar-refractivity contribution in [2.24, 2.45) is 0 Å². The maximum atomic E-state index is 12.8. The number of carbonyl (C=O) groups is 3. The largest absolute Gasteiger partial charge is 0.462 e. The number of hydrogen-bond acceptors (Lipinski definition) is 6. The van der Waals surface area contributed by atoms with Crippen LogP contribution in [-0.4, -0.2) is 37.2 Å². The summed E-state index contributed by atoms with van der Waals surface area (Å²) < 4.78 is 16.7. The van der Waals surface area contributed by atoms with Crippen LogP contribution in [0.3, 0.4) is 0 Å². The van der Waals surface area contributed by atoms with Gasteiger partial charge in [-0.3, -0.25) is 14.4 Å². The van der Waals surface area contributed by atoms with Crippen LogP contribution in [0.2, 0.25) is 0 Å². The highest BCUT2D eigenvalue weighted by Crippen LogP contribution is 2.12. The zero-order valence-corrected chi connectivity index (χ0v) is 41.2. The fraction of sp³-hybridized carbons (Fsp3) is 0.542. The smallest absolute Gasteiger partial charge is 0.306 e. The molecule has 1 atom stereocenters. The summed E-state index contributed by atoms with van der Waals surface area (Å²) in [6.07, 6.45) is 73.9. The lowest BCUT2D eigenvalue weighted by atomic mass is 10.1. The van der Waals surface area contributed by atoms with Gasteiger partial charge in [-0.2, -0.15) is 0 Å². The highest BCUT2D eigenvalue weighted by Gasteiger charge is 2.19. The van der Waals surface area contributed by atoms with Crippen LogP contribution in [0.25, 0.3) is 0 Å². The summed E-state index contributed by atoms with van der Waals surface area (Å²) >= 11 is 0. The van der Waals surface area contributed by atoms with Crippen molar-refractivity contribution in [1.82, 2.24) is 0 Å². The molecule has 0 rings (SSSR count). The predicted molar refractivity (Wildman–Crippen MR) is 279 cm³/mol. The van der Waals surface area contributed by atoms with E-state index in [4.69, 9.17) is 14.2 Å². The summed E-state index contributed by atoms with van der Waals surface area (Å²) in [4.78, 5) is 38.0. The van der Waals surface area contributed by atoms with Crippen LogP contribution in [0.4, 0.5) is 0 Å². The van der Waals surface area contributed by atoms with Gasteiger partial charge in [0.15, 0.2) is 6.10 Å². The third-order valence-electron chi connectivity index (χ3n) is 10.0. The maximum absolute atomic E-state index is 12.8. The van der Waals surface area contributed by atoms with Gasteiger partial charge in [0, 0.05) is 19.3 Å². The van der Waals surface area contributed by atoms with E-state index in [0.717, 1.165) is 141 Å². The first-order valence-corrected chi connectivity index (χ1v) is 25.5. The van der Waals surface area contributed by atoms with Crippen LogP contribution in [-0.2, 0) is 28.6 Å². The van der Waals surface area contributed by atoms with Gasteiger partial charge in [-0.25, -0.2) is 0 Å². The number of rotatable bonds is 43. The Morgan fingerprint density at radius 3 is 1.12 bits per heavy atom. The average Bonchev–Trinajstić information content (AvgIpc) is 3.30. The molecule has 362 valence electrons. The minimum Gasteiger partial charge on any atom is -0.462 e. The van der Waals surface area contributed by atoms with Crippen LogP contribution in [0.15, 0.2) is 146 Å². The second-order valence-electron chi connectivity index (χ2n) is 16.2. The van der Waals surface area contributed by atoms with Gasteiger partial charge in [-0.05, 0) is 89.9 Å². The Labute approximate surface area is 397 Å². The molecular weight excluding hydrogens is 805 g/mol. The molecule has 6 nitrogen and oxygen atoms in total. The molecule has 0 aliphatic carbocycles. The van der Waals surface area contributed by atoms with E-state index >= 15 is 0 Å². The molecule has 0 spiro atoms. The second-order valence-corrected chi connectivity index (χ2v) is 16.2. The maximum Gasteiger partial charge on any atom is 0.306 e. The monoisotopic (exact) mass is 895 g/mol. The van der Waals surface area contributed by atoms with E-state index in [1.807, 2.05) is 60.8 Å². The van der Waals surface area contributed by atoms with Crippen molar-refractivity contribution < 1.29 is 28.6 Å². The van der Waals surface area contributed by atoms with Crippen molar-refractivity contribution in [2.75, 3.05) is 13.2 Å². The van der Waals surface area contributed by atoms with E-state index in [-0.39, 0.29) is 37.5 Å². The molecule has 1 unspecified atom stereocenters. The predicted octanol–water partition coefficient (Wildman–Crippen LogP) is 16.9. The molecule has 0 saturated carbocycles. The summed E-state index contributed by atoms with van der Waals surface area (Å²) in [5.41, 5.74) is 0. The van der Waals surface area contributed by atoms with Crippen LogP contribution < -0.4 is 0 Å². The minimum absolute atomic E-state index is 0.115. The Kier molecular flexibility index (Phi) is 48.2. The van der Waals surface area contributed by atoms with Gasteiger partial charge in [0.1, 0.15) is 13.2 Å². The van der Waals surface area contributed by atoms with Crippen LogP contribution in [0.1, 0.15) is 188 Å². The molecule has 6 heteroatoms. The normalized spacial score (nSPS) is 13.3. The van der Waals surface area contributed by atoms with Crippen LogP contribution in [0, 0.1) is 0 Å².